The minimum Gasteiger partial charge on any atom is -0.444 e. The molecule has 0 fully saturated rings. The van der Waals surface area contributed by atoms with Crippen molar-refractivity contribution in [1.29, 1.82) is 0 Å². The summed E-state index contributed by atoms with van der Waals surface area (Å²) in [6.07, 6.45) is 4.62. The Kier molecular flexibility index (Phi) is 9.63. The molecule has 0 aromatic carbocycles. The molecule has 0 saturated heterocycles. The van der Waals surface area contributed by atoms with Crippen LogP contribution in [-0.2, 0) is 17.7 Å². The number of aliphatic imine (C=N–C) groups is 1. The Morgan fingerprint density at radius 2 is 2.03 bits per heavy atom. The minimum absolute atomic E-state index is 0. The second-order valence-electron chi connectivity index (χ2n) is 8.28. The maximum Gasteiger partial charge on any atom is 0.408 e. The number of nitrogens with zero attached hydrogens (tertiary/aromatic N) is 4. The zero-order valence-corrected chi connectivity index (χ0v) is 20.7. The van der Waals surface area contributed by atoms with Crippen molar-refractivity contribution in [3.63, 3.8) is 0 Å². The van der Waals surface area contributed by atoms with Crippen LogP contribution in [0.15, 0.2) is 11.3 Å². The Bertz CT molecular complexity index is 680. The van der Waals surface area contributed by atoms with Crippen molar-refractivity contribution < 1.29 is 9.53 Å². The molecule has 1 aromatic heterocycles. The predicted molar refractivity (Wildman–Crippen MR) is 125 cm³/mol. The molecule has 1 atom stereocenters. The van der Waals surface area contributed by atoms with E-state index in [4.69, 9.17) is 4.74 Å². The van der Waals surface area contributed by atoms with Gasteiger partial charge in [-0.05, 0) is 40.0 Å². The van der Waals surface area contributed by atoms with Gasteiger partial charge in [0.1, 0.15) is 17.8 Å². The highest BCUT2D eigenvalue weighted by Gasteiger charge is 2.31. The third-order valence-electron chi connectivity index (χ3n) is 5.08. The van der Waals surface area contributed by atoms with E-state index < -0.39 is 17.2 Å². The standard InChI is InChI=1S/C19H35N7O2.HI/c1-7-19(8-2,25-17(27)28-18(3,4)5)12-21-16(20-6)24-14-9-10-15-22-13-23-26(15)11-14;/h13-14H,7-12H2,1-6H3,(H,25,27)(H2,20,21,24);1H. The number of carbonyl (C=O) groups excluding carboxylic acids is 1. The van der Waals surface area contributed by atoms with Gasteiger partial charge in [-0.2, -0.15) is 5.10 Å². The molecule has 29 heavy (non-hydrogen) atoms. The van der Waals surface area contributed by atoms with E-state index in [2.05, 4.69) is 44.9 Å². The quantitative estimate of drug-likeness (QED) is 0.302. The van der Waals surface area contributed by atoms with Crippen LogP contribution in [0.3, 0.4) is 0 Å². The van der Waals surface area contributed by atoms with Crippen molar-refractivity contribution in [2.24, 2.45) is 4.99 Å². The van der Waals surface area contributed by atoms with Gasteiger partial charge in [-0.25, -0.2) is 14.5 Å². The maximum atomic E-state index is 12.3. The number of nitrogens with one attached hydrogen (secondary N) is 3. The van der Waals surface area contributed by atoms with Gasteiger partial charge in [0.2, 0.25) is 0 Å². The molecule has 1 amide bonds. The fraction of sp³-hybridized carbons (Fsp3) is 0.789. The van der Waals surface area contributed by atoms with Gasteiger partial charge in [0.25, 0.3) is 0 Å². The third kappa shape index (κ3) is 7.63. The summed E-state index contributed by atoms with van der Waals surface area (Å²) in [4.78, 5) is 20.9. The zero-order chi connectivity index (χ0) is 20.8. The van der Waals surface area contributed by atoms with Gasteiger partial charge in [0.15, 0.2) is 5.96 Å². The van der Waals surface area contributed by atoms with Crippen LogP contribution in [0.2, 0.25) is 0 Å². The minimum atomic E-state index is -0.524. The molecule has 0 spiro atoms. The first-order chi connectivity index (χ1) is 13.2. The first-order valence-corrected chi connectivity index (χ1v) is 10.1. The van der Waals surface area contributed by atoms with E-state index >= 15 is 0 Å². The smallest absolute Gasteiger partial charge is 0.408 e. The van der Waals surface area contributed by atoms with E-state index in [0.29, 0.717) is 12.5 Å². The number of alkyl carbamates (subject to hydrolysis) is 1. The molecule has 166 valence electrons. The number of rotatable bonds is 6. The molecule has 1 aliphatic heterocycles. The predicted octanol–water partition coefficient (Wildman–Crippen LogP) is 2.46. The number of hydrogen-bond acceptors (Lipinski definition) is 5. The van der Waals surface area contributed by atoms with Crippen molar-refractivity contribution in [1.82, 2.24) is 30.7 Å². The second kappa shape index (κ2) is 11.0. The number of aromatic nitrogens is 3. The van der Waals surface area contributed by atoms with Crippen LogP contribution >= 0.6 is 24.0 Å². The molecule has 3 N–H and O–H groups in total. The lowest BCUT2D eigenvalue weighted by molar-refractivity contribution is 0.0448. The Hall–Kier alpha value is -1.59. The van der Waals surface area contributed by atoms with Gasteiger partial charge in [-0.1, -0.05) is 13.8 Å². The van der Waals surface area contributed by atoms with Crippen molar-refractivity contribution in [2.75, 3.05) is 13.6 Å². The Morgan fingerprint density at radius 1 is 1.34 bits per heavy atom. The van der Waals surface area contributed by atoms with Crippen molar-refractivity contribution in [2.45, 2.75) is 84.0 Å². The topological polar surface area (TPSA) is 105 Å². The van der Waals surface area contributed by atoms with E-state index in [1.165, 1.54) is 0 Å². The van der Waals surface area contributed by atoms with E-state index in [1.807, 2.05) is 25.5 Å². The average molecular weight is 521 g/mol. The van der Waals surface area contributed by atoms with Crippen LogP contribution in [0.1, 0.15) is 59.7 Å². The van der Waals surface area contributed by atoms with E-state index in [-0.39, 0.29) is 30.0 Å². The van der Waals surface area contributed by atoms with E-state index in [0.717, 1.165) is 38.1 Å². The van der Waals surface area contributed by atoms with Crippen LogP contribution in [0.4, 0.5) is 4.79 Å². The van der Waals surface area contributed by atoms with Crippen molar-refractivity contribution in [3.05, 3.63) is 12.2 Å². The molecule has 2 rings (SSSR count). The Morgan fingerprint density at radius 3 is 2.62 bits per heavy atom. The first kappa shape index (κ1) is 25.4. The zero-order valence-electron chi connectivity index (χ0n) is 18.4. The summed E-state index contributed by atoms with van der Waals surface area (Å²) >= 11 is 0. The molecule has 1 aromatic rings. The van der Waals surface area contributed by atoms with Gasteiger partial charge in [-0.3, -0.25) is 4.99 Å². The number of hydrogen-bond donors (Lipinski definition) is 3. The van der Waals surface area contributed by atoms with Gasteiger partial charge in [0.05, 0.1) is 12.1 Å². The number of amides is 1. The van der Waals surface area contributed by atoms with Gasteiger partial charge in [0, 0.05) is 26.1 Å². The summed E-state index contributed by atoms with van der Waals surface area (Å²) in [6.45, 7) is 11.0. The lowest BCUT2D eigenvalue weighted by Crippen LogP contribution is -2.58. The number of ether oxygens (including phenoxy) is 1. The SMILES string of the molecule is CCC(CC)(CNC(=NC)NC1CCc2ncnn2C1)NC(=O)OC(C)(C)C.I. The van der Waals surface area contributed by atoms with Crippen LogP contribution in [-0.4, -0.2) is 57.6 Å². The molecule has 1 unspecified atom stereocenters. The summed E-state index contributed by atoms with van der Waals surface area (Å²) in [5.41, 5.74) is -0.935. The molecule has 10 heteroatoms. The number of aryl methyl sites for hydroxylation is 1. The summed E-state index contributed by atoms with van der Waals surface area (Å²) in [6, 6.07) is 0.233. The lowest BCUT2D eigenvalue weighted by Gasteiger charge is -2.35. The molecule has 9 nitrogen and oxygen atoms in total. The fourth-order valence-electron chi connectivity index (χ4n) is 3.24. The van der Waals surface area contributed by atoms with Gasteiger partial charge >= 0.3 is 6.09 Å². The van der Waals surface area contributed by atoms with Gasteiger partial charge in [-0.15, -0.1) is 24.0 Å². The summed E-state index contributed by atoms with van der Waals surface area (Å²) < 4.78 is 7.37. The van der Waals surface area contributed by atoms with Crippen LogP contribution in [0.5, 0.6) is 0 Å². The number of fused-ring (bicyclic) bond motifs is 1. The molecule has 0 saturated carbocycles. The van der Waals surface area contributed by atoms with E-state index in [1.54, 1.807) is 13.4 Å². The third-order valence-corrected chi connectivity index (χ3v) is 5.08. The first-order valence-electron chi connectivity index (χ1n) is 10.1. The molecular weight excluding hydrogens is 485 g/mol. The average Bonchev–Trinajstić information content (AvgIpc) is 3.10. The van der Waals surface area contributed by atoms with E-state index in [9.17, 15) is 4.79 Å². The highest BCUT2D eigenvalue weighted by Crippen LogP contribution is 2.16. The van der Waals surface area contributed by atoms with Gasteiger partial charge < -0.3 is 20.7 Å². The summed E-state index contributed by atoms with van der Waals surface area (Å²) in [5.74, 6) is 1.74. The molecule has 2 heterocycles. The highest BCUT2D eigenvalue weighted by molar-refractivity contribution is 14.0. The molecule has 0 bridgehead atoms. The largest absolute Gasteiger partial charge is 0.444 e. The Balaban J connectivity index is 0.00000420. The van der Waals surface area contributed by atoms with Crippen molar-refractivity contribution >= 4 is 36.0 Å². The Labute approximate surface area is 190 Å². The van der Waals surface area contributed by atoms with Crippen molar-refractivity contribution in [3.8, 4) is 0 Å². The molecule has 0 aliphatic carbocycles. The second-order valence-corrected chi connectivity index (χ2v) is 8.28. The molecule has 0 radical (unpaired) electrons. The molecular formula is C19H36IN7O2. The number of halogens is 1. The summed E-state index contributed by atoms with van der Waals surface area (Å²) in [7, 11) is 1.75. The molecule has 1 aliphatic rings. The fourth-order valence-corrected chi connectivity index (χ4v) is 3.24. The highest BCUT2D eigenvalue weighted by atomic mass is 127. The number of carbonyl (C=O) groups is 1. The van der Waals surface area contributed by atoms with Crippen LogP contribution in [0, 0.1) is 0 Å². The maximum absolute atomic E-state index is 12.3. The summed E-state index contributed by atoms with van der Waals surface area (Å²) in [5, 5.41) is 14.1. The monoisotopic (exact) mass is 521 g/mol. The number of guanidine groups is 1. The van der Waals surface area contributed by atoms with Crippen LogP contribution in [0.25, 0.3) is 0 Å². The van der Waals surface area contributed by atoms with Crippen LogP contribution < -0.4 is 16.0 Å². The normalized spacial score (nSPS) is 17.0. The lowest BCUT2D eigenvalue weighted by atomic mass is 9.93.